The SMILES string of the molecule is CC(C)(C)[Si](C)(C)OCCc1ccc(CO)cc1F. The van der Waals surface area contributed by atoms with Gasteiger partial charge in [-0.25, -0.2) is 4.39 Å². The fourth-order valence-electron chi connectivity index (χ4n) is 1.52. The summed E-state index contributed by atoms with van der Waals surface area (Å²) in [5.41, 5.74) is 1.25. The first-order chi connectivity index (χ1) is 8.67. The van der Waals surface area contributed by atoms with E-state index in [9.17, 15) is 4.39 Å². The van der Waals surface area contributed by atoms with Gasteiger partial charge in [-0.3, -0.25) is 0 Å². The molecule has 0 atom stereocenters. The molecule has 1 rings (SSSR count). The van der Waals surface area contributed by atoms with E-state index in [1.165, 1.54) is 6.07 Å². The molecule has 0 aliphatic carbocycles. The monoisotopic (exact) mass is 284 g/mol. The second kappa shape index (κ2) is 6.16. The zero-order valence-electron chi connectivity index (χ0n) is 12.6. The zero-order valence-corrected chi connectivity index (χ0v) is 13.6. The van der Waals surface area contributed by atoms with Crippen LogP contribution in [0.5, 0.6) is 0 Å². The third-order valence-electron chi connectivity index (χ3n) is 3.94. The Labute approximate surface area is 116 Å². The maximum Gasteiger partial charge on any atom is 0.191 e. The third-order valence-corrected chi connectivity index (χ3v) is 8.48. The Morgan fingerprint density at radius 2 is 1.89 bits per heavy atom. The summed E-state index contributed by atoms with van der Waals surface area (Å²) in [6, 6.07) is 4.88. The van der Waals surface area contributed by atoms with Gasteiger partial charge in [0.2, 0.25) is 0 Å². The molecule has 0 heterocycles. The van der Waals surface area contributed by atoms with Crippen molar-refractivity contribution < 1.29 is 13.9 Å². The van der Waals surface area contributed by atoms with Gasteiger partial charge in [0.25, 0.3) is 0 Å². The lowest BCUT2D eigenvalue weighted by atomic mass is 10.1. The molecule has 0 saturated heterocycles. The van der Waals surface area contributed by atoms with Crippen molar-refractivity contribution in [2.75, 3.05) is 6.61 Å². The summed E-state index contributed by atoms with van der Waals surface area (Å²) in [5, 5.41) is 9.11. The van der Waals surface area contributed by atoms with Crippen LogP contribution in [0, 0.1) is 5.82 Å². The van der Waals surface area contributed by atoms with E-state index in [-0.39, 0.29) is 17.5 Å². The fraction of sp³-hybridized carbons (Fsp3) is 0.600. The topological polar surface area (TPSA) is 29.5 Å². The molecule has 0 aliphatic rings. The molecule has 108 valence electrons. The average molecular weight is 284 g/mol. The Hall–Kier alpha value is -0.713. The van der Waals surface area contributed by atoms with Gasteiger partial charge in [-0.1, -0.05) is 32.9 Å². The van der Waals surface area contributed by atoms with Crippen LogP contribution in [0.15, 0.2) is 18.2 Å². The molecule has 0 bridgehead atoms. The minimum atomic E-state index is -1.76. The second-order valence-electron chi connectivity index (χ2n) is 6.44. The largest absolute Gasteiger partial charge is 0.416 e. The van der Waals surface area contributed by atoms with E-state index in [2.05, 4.69) is 33.9 Å². The fourth-order valence-corrected chi connectivity index (χ4v) is 2.57. The van der Waals surface area contributed by atoms with Crippen LogP contribution >= 0.6 is 0 Å². The minimum absolute atomic E-state index is 0.127. The molecule has 0 aromatic heterocycles. The quantitative estimate of drug-likeness (QED) is 0.831. The highest BCUT2D eigenvalue weighted by Crippen LogP contribution is 2.36. The van der Waals surface area contributed by atoms with Crippen molar-refractivity contribution in [1.29, 1.82) is 0 Å². The summed E-state index contributed by atoms with van der Waals surface area (Å²) in [6.07, 6.45) is 0.573. The Morgan fingerprint density at radius 1 is 1.26 bits per heavy atom. The van der Waals surface area contributed by atoms with Crippen LogP contribution in [-0.2, 0) is 17.5 Å². The van der Waals surface area contributed by atoms with Crippen LogP contribution in [0.1, 0.15) is 31.9 Å². The van der Waals surface area contributed by atoms with Gasteiger partial charge >= 0.3 is 0 Å². The van der Waals surface area contributed by atoms with Gasteiger partial charge < -0.3 is 9.53 Å². The molecule has 19 heavy (non-hydrogen) atoms. The van der Waals surface area contributed by atoms with Crippen molar-refractivity contribution in [3.63, 3.8) is 0 Å². The summed E-state index contributed by atoms with van der Waals surface area (Å²) in [5.74, 6) is -0.259. The van der Waals surface area contributed by atoms with Gasteiger partial charge in [0.1, 0.15) is 5.82 Å². The predicted octanol–water partition coefficient (Wildman–Crippen LogP) is 3.88. The van der Waals surface area contributed by atoms with E-state index in [0.29, 0.717) is 24.2 Å². The number of rotatable bonds is 5. The molecule has 0 unspecified atom stereocenters. The third kappa shape index (κ3) is 4.40. The van der Waals surface area contributed by atoms with E-state index in [1.807, 2.05) is 0 Å². The predicted molar refractivity (Wildman–Crippen MR) is 79.2 cm³/mol. The van der Waals surface area contributed by atoms with Gasteiger partial charge in [-0.2, -0.15) is 0 Å². The molecule has 0 fully saturated rings. The number of aliphatic hydroxyl groups is 1. The van der Waals surface area contributed by atoms with Gasteiger partial charge in [0.05, 0.1) is 6.61 Å². The molecule has 2 nitrogen and oxygen atoms in total. The number of hydrogen-bond acceptors (Lipinski definition) is 2. The van der Waals surface area contributed by atoms with Crippen LogP contribution in [-0.4, -0.2) is 20.0 Å². The molecule has 0 spiro atoms. The van der Waals surface area contributed by atoms with Crippen molar-refractivity contribution in [2.24, 2.45) is 0 Å². The van der Waals surface area contributed by atoms with E-state index in [4.69, 9.17) is 9.53 Å². The summed E-state index contributed by atoms with van der Waals surface area (Å²) in [6.45, 7) is 11.4. The van der Waals surface area contributed by atoms with E-state index >= 15 is 0 Å². The zero-order chi connectivity index (χ0) is 14.7. The first-order valence-corrected chi connectivity index (χ1v) is 9.60. The lowest BCUT2D eigenvalue weighted by Crippen LogP contribution is -2.41. The van der Waals surface area contributed by atoms with Gasteiger partial charge in [-0.05, 0) is 41.7 Å². The van der Waals surface area contributed by atoms with Crippen molar-refractivity contribution >= 4 is 8.32 Å². The molecule has 1 aromatic carbocycles. The van der Waals surface area contributed by atoms with Crippen LogP contribution in [0.2, 0.25) is 18.1 Å². The molecule has 1 aromatic rings. The van der Waals surface area contributed by atoms with Crippen LogP contribution < -0.4 is 0 Å². The molecule has 1 N–H and O–H groups in total. The minimum Gasteiger partial charge on any atom is -0.416 e. The number of benzene rings is 1. The van der Waals surface area contributed by atoms with E-state index < -0.39 is 8.32 Å². The van der Waals surface area contributed by atoms with Crippen molar-refractivity contribution in [3.05, 3.63) is 35.1 Å². The Balaban J connectivity index is 2.59. The molecule has 0 amide bonds. The van der Waals surface area contributed by atoms with Crippen molar-refractivity contribution in [2.45, 2.75) is 51.9 Å². The first-order valence-electron chi connectivity index (χ1n) is 6.69. The number of aliphatic hydroxyl groups excluding tert-OH is 1. The van der Waals surface area contributed by atoms with Crippen LogP contribution in [0.4, 0.5) is 4.39 Å². The van der Waals surface area contributed by atoms with E-state index in [1.54, 1.807) is 12.1 Å². The molecule has 0 aliphatic heterocycles. The molecular formula is C15H25FO2Si. The van der Waals surface area contributed by atoms with Crippen molar-refractivity contribution in [1.82, 2.24) is 0 Å². The van der Waals surface area contributed by atoms with Gasteiger partial charge in [0.15, 0.2) is 8.32 Å². The normalized spacial score (nSPS) is 12.8. The highest BCUT2D eigenvalue weighted by atomic mass is 28.4. The smallest absolute Gasteiger partial charge is 0.191 e. The summed E-state index contributed by atoms with van der Waals surface area (Å²) in [7, 11) is -1.76. The highest BCUT2D eigenvalue weighted by Gasteiger charge is 2.36. The summed E-state index contributed by atoms with van der Waals surface area (Å²) in [4.78, 5) is 0. The van der Waals surface area contributed by atoms with Gasteiger partial charge in [0, 0.05) is 6.61 Å². The average Bonchev–Trinajstić information content (AvgIpc) is 2.29. The summed E-state index contributed by atoms with van der Waals surface area (Å²) >= 11 is 0. The second-order valence-corrected chi connectivity index (χ2v) is 11.3. The standard InChI is InChI=1S/C15H25FO2Si/c1-15(2,3)19(4,5)18-9-8-13-7-6-12(11-17)10-14(13)16/h6-7,10,17H,8-9,11H2,1-5H3. The van der Waals surface area contributed by atoms with Crippen LogP contribution in [0.3, 0.4) is 0 Å². The Morgan fingerprint density at radius 3 is 2.37 bits per heavy atom. The van der Waals surface area contributed by atoms with Crippen LogP contribution in [0.25, 0.3) is 0 Å². The molecule has 4 heteroatoms. The summed E-state index contributed by atoms with van der Waals surface area (Å²) < 4.78 is 19.8. The number of hydrogen-bond donors (Lipinski definition) is 1. The van der Waals surface area contributed by atoms with Gasteiger partial charge in [-0.15, -0.1) is 0 Å². The lowest BCUT2D eigenvalue weighted by molar-refractivity contribution is 0.280. The molecular weight excluding hydrogens is 259 g/mol. The van der Waals surface area contributed by atoms with Crippen molar-refractivity contribution in [3.8, 4) is 0 Å². The first kappa shape index (κ1) is 16.3. The lowest BCUT2D eigenvalue weighted by Gasteiger charge is -2.36. The Bertz CT molecular complexity index is 425. The maximum absolute atomic E-state index is 13.7. The maximum atomic E-state index is 13.7. The highest BCUT2D eigenvalue weighted by molar-refractivity contribution is 6.74. The van der Waals surface area contributed by atoms with E-state index in [0.717, 1.165) is 0 Å². The number of halogens is 1. The Kier molecular flexibility index (Phi) is 5.30. The molecule has 0 radical (unpaired) electrons. The molecule has 0 saturated carbocycles.